The normalized spacial score (nSPS) is 20.3. The van der Waals surface area contributed by atoms with E-state index in [1.165, 1.54) is 11.3 Å². The molecule has 2 rings (SSSR count). The number of nitrogen functional groups attached to an aromatic ring is 1. The summed E-state index contributed by atoms with van der Waals surface area (Å²) >= 11 is 1.34. The van der Waals surface area contributed by atoms with Gasteiger partial charge in [0.05, 0.1) is 7.11 Å². The van der Waals surface area contributed by atoms with Gasteiger partial charge >= 0.3 is 0 Å². The van der Waals surface area contributed by atoms with Crippen LogP contribution < -0.4 is 21.1 Å². The third kappa shape index (κ3) is 3.08. The van der Waals surface area contributed by atoms with Crippen LogP contribution in [0.4, 0.5) is 10.7 Å². The Labute approximate surface area is 129 Å². The van der Waals surface area contributed by atoms with E-state index in [0.717, 1.165) is 37.5 Å². The van der Waals surface area contributed by atoms with Gasteiger partial charge in [-0.3, -0.25) is 4.79 Å². The van der Waals surface area contributed by atoms with Crippen LogP contribution in [0.5, 0.6) is 5.75 Å². The van der Waals surface area contributed by atoms with Crippen LogP contribution in [0, 0.1) is 0 Å². The summed E-state index contributed by atoms with van der Waals surface area (Å²) in [7, 11) is 3.72. The van der Waals surface area contributed by atoms with Crippen molar-refractivity contribution in [1.82, 2.24) is 4.90 Å². The van der Waals surface area contributed by atoms with Crippen LogP contribution in [0.15, 0.2) is 0 Å². The molecule has 1 aliphatic heterocycles. The number of amides is 1. The second-order valence-electron chi connectivity index (χ2n) is 5.42. The van der Waals surface area contributed by atoms with Gasteiger partial charge in [-0.15, -0.1) is 11.3 Å². The average Bonchev–Trinajstić information content (AvgIpc) is 2.65. The summed E-state index contributed by atoms with van der Waals surface area (Å²) in [6.07, 6.45) is 2.09. The SMILES string of the molecule is CCC1CN(C)CCCN1c1sc(C(N)=O)c(N)c1OC. The molecule has 0 bridgehead atoms. The first-order chi connectivity index (χ1) is 9.99. The largest absolute Gasteiger partial charge is 0.492 e. The lowest BCUT2D eigenvalue weighted by molar-refractivity contribution is 0.100. The summed E-state index contributed by atoms with van der Waals surface area (Å²) in [4.78, 5) is 16.6. The third-order valence-corrected chi connectivity index (χ3v) is 5.18. The first kappa shape index (κ1) is 15.9. The van der Waals surface area contributed by atoms with Crippen molar-refractivity contribution < 1.29 is 9.53 Å². The van der Waals surface area contributed by atoms with Crippen LogP contribution in [-0.2, 0) is 0 Å². The standard InChI is InChI=1S/C14H24N4O2S/c1-4-9-8-17(2)6-5-7-18(9)14-11(20-3)10(15)12(21-14)13(16)19/h9H,4-8,15H2,1-3H3,(H2,16,19). The van der Waals surface area contributed by atoms with Crippen LogP contribution >= 0.6 is 11.3 Å². The van der Waals surface area contributed by atoms with E-state index in [2.05, 4.69) is 23.8 Å². The fourth-order valence-corrected chi connectivity index (χ4v) is 3.99. The van der Waals surface area contributed by atoms with Crippen molar-refractivity contribution in [2.75, 3.05) is 44.4 Å². The number of nitrogens with two attached hydrogens (primary N) is 2. The molecule has 1 unspecified atom stereocenters. The van der Waals surface area contributed by atoms with Crippen molar-refractivity contribution in [3.8, 4) is 5.75 Å². The number of carbonyl (C=O) groups is 1. The lowest BCUT2D eigenvalue weighted by Crippen LogP contribution is -2.39. The number of carbonyl (C=O) groups excluding carboxylic acids is 1. The van der Waals surface area contributed by atoms with Gasteiger partial charge in [-0.2, -0.15) is 0 Å². The number of rotatable bonds is 4. The molecular weight excluding hydrogens is 288 g/mol. The molecular formula is C14H24N4O2S. The number of thiophene rings is 1. The molecule has 0 radical (unpaired) electrons. The molecule has 0 saturated carbocycles. The Kier molecular flexibility index (Phi) is 4.95. The van der Waals surface area contributed by atoms with Crippen molar-refractivity contribution in [3.05, 3.63) is 4.88 Å². The second-order valence-corrected chi connectivity index (χ2v) is 6.42. The predicted octanol–water partition coefficient (Wildman–Crippen LogP) is 1.36. The Bertz CT molecular complexity index is 517. The zero-order valence-corrected chi connectivity index (χ0v) is 13.7. The number of likely N-dealkylation sites (N-methyl/N-ethyl adjacent to an activating group) is 1. The minimum atomic E-state index is -0.498. The van der Waals surface area contributed by atoms with E-state index >= 15 is 0 Å². The van der Waals surface area contributed by atoms with Gasteiger partial charge < -0.3 is 26.0 Å². The number of methoxy groups -OCH3 is 1. The van der Waals surface area contributed by atoms with Crippen molar-refractivity contribution in [2.24, 2.45) is 5.73 Å². The van der Waals surface area contributed by atoms with E-state index in [-0.39, 0.29) is 0 Å². The smallest absolute Gasteiger partial charge is 0.261 e. The lowest BCUT2D eigenvalue weighted by Gasteiger charge is -2.31. The van der Waals surface area contributed by atoms with Crippen molar-refractivity contribution in [1.29, 1.82) is 0 Å². The molecule has 1 aromatic rings. The van der Waals surface area contributed by atoms with Gasteiger partial charge in [0.2, 0.25) is 0 Å². The lowest BCUT2D eigenvalue weighted by atomic mass is 10.2. The van der Waals surface area contributed by atoms with E-state index in [9.17, 15) is 4.79 Å². The zero-order valence-electron chi connectivity index (χ0n) is 12.9. The van der Waals surface area contributed by atoms with E-state index in [1.54, 1.807) is 7.11 Å². The van der Waals surface area contributed by atoms with Gasteiger partial charge in [0.15, 0.2) is 5.75 Å². The highest BCUT2D eigenvalue weighted by molar-refractivity contribution is 7.19. The Morgan fingerprint density at radius 1 is 1.48 bits per heavy atom. The van der Waals surface area contributed by atoms with Crippen molar-refractivity contribution in [3.63, 3.8) is 0 Å². The monoisotopic (exact) mass is 312 g/mol. The average molecular weight is 312 g/mol. The zero-order chi connectivity index (χ0) is 15.6. The minimum Gasteiger partial charge on any atom is -0.492 e. The van der Waals surface area contributed by atoms with Crippen molar-refractivity contribution in [2.45, 2.75) is 25.8 Å². The molecule has 118 valence electrons. The molecule has 1 fully saturated rings. The molecule has 6 nitrogen and oxygen atoms in total. The van der Waals surface area contributed by atoms with Crippen LogP contribution in [0.25, 0.3) is 0 Å². The highest BCUT2D eigenvalue weighted by atomic mass is 32.1. The van der Waals surface area contributed by atoms with Crippen LogP contribution in [0.2, 0.25) is 0 Å². The number of hydrogen-bond donors (Lipinski definition) is 2. The summed E-state index contributed by atoms with van der Waals surface area (Å²) in [6.45, 7) is 5.16. The summed E-state index contributed by atoms with van der Waals surface area (Å²) < 4.78 is 5.44. The van der Waals surface area contributed by atoms with Gasteiger partial charge in [0.25, 0.3) is 5.91 Å². The molecule has 0 aromatic carbocycles. The Balaban J connectivity index is 2.43. The summed E-state index contributed by atoms with van der Waals surface area (Å²) in [6, 6.07) is 0.380. The van der Waals surface area contributed by atoms with Gasteiger partial charge in [0.1, 0.15) is 15.6 Å². The molecule has 2 heterocycles. The summed E-state index contributed by atoms with van der Waals surface area (Å²) in [5, 5.41) is 0.922. The van der Waals surface area contributed by atoms with Gasteiger partial charge in [-0.1, -0.05) is 6.92 Å². The number of nitrogens with zero attached hydrogens (tertiary/aromatic N) is 2. The first-order valence-corrected chi connectivity index (χ1v) is 8.02. The number of primary amides is 1. The third-order valence-electron chi connectivity index (χ3n) is 3.94. The first-order valence-electron chi connectivity index (χ1n) is 7.20. The highest BCUT2D eigenvalue weighted by Gasteiger charge is 2.29. The van der Waals surface area contributed by atoms with Crippen LogP contribution in [0.3, 0.4) is 0 Å². The van der Waals surface area contributed by atoms with E-state index < -0.39 is 5.91 Å². The predicted molar refractivity (Wildman–Crippen MR) is 87.3 cm³/mol. The van der Waals surface area contributed by atoms with Crippen LogP contribution in [-0.4, -0.2) is 50.6 Å². The Hall–Kier alpha value is -1.47. The van der Waals surface area contributed by atoms with Crippen molar-refractivity contribution >= 4 is 27.9 Å². The molecule has 0 aliphatic carbocycles. The van der Waals surface area contributed by atoms with Gasteiger partial charge in [-0.25, -0.2) is 0 Å². The molecule has 21 heavy (non-hydrogen) atoms. The second kappa shape index (κ2) is 6.53. The maximum Gasteiger partial charge on any atom is 0.261 e. The molecule has 1 aliphatic rings. The minimum absolute atomic E-state index is 0.359. The molecule has 1 amide bonds. The molecule has 1 aromatic heterocycles. The molecule has 1 saturated heterocycles. The summed E-state index contributed by atoms with van der Waals surface area (Å²) in [5.41, 5.74) is 11.8. The van der Waals surface area contributed by atoms with E-state index in [4.69, 9.17) is 16.2 Å². The maximum atomic E-state index is 11.5. The van der Waals surface area contributed by atoms with E-state index in [1.807, 2.05) is 0 Å². The molecule has 7 heteroatoms. The van der Waals surface area contributed by atoms with Crippen LogP contribution in [0.1, 0.15) is 29.4 Å². The number of hydrogen-bond acceptors (Lipinski definition) is 6. The maximum absolute atomic E-state index is 11.5. The highest BCUT2D eigenvalue weighted by Crippen LogP contribution is 2.45. The fourth-order valence-electron chi connectivity index (χ4n) is 2.85. The Morgan fingerprint density at radius 2 is 2.19 bits per heavy atom. The molecule has 0 spiro atoms. The fraction of sp³-hybridized carbons (Fsp3) is 0.643. The van der Waals surface area contributed by atoms with Gasteiger partial charge in [0, 0.05) is 19.1 Å². The number of anilines is 2. The Morgan fingerprint density at radius 3 is 2.76 bits per heavy atom. The topological polar surface area (TPSA) is 84.8 Å². The van der Waals surface area contributed by atoms with Gasteiger partial charge in [-0.05, 0) is 26.4 Å². The van der Waals surface area contributed by atoms with E-state index in [0.29, 0.717) is 22.4 Å². The number of ether oxygens (including phenoxy) is 1. The quantitative estimate of drug-likeness (QED) is 0.877. The molecule has 1 atom stereocenters. The summed E-state index contributed by atoms with van der Waals surface area (Å²) in [5.74, 6) is 0.0823. The molecule has 4 N–H and O–H groups in total.